The molecule has 4 heteroatoms. The third kappa shape index (κ3) is 3.91. The van der Waals surface area contributed by atoms with Gasteiger partial charge in [-0.05, 0) is 19.1 Å². The minimum absolute atomic E-state index is 0.351. The van der Waals surface area contributed by atoms with Gasteiger partial charge in [0.25, 0.3) is 0 Å². The summed E-state index contributed by atoms with van der Waals surface area (Å²) in [5.74, 6) is 1.78. The van der Waals surface area contributed by atoms with Gasteiger partial charge in [0, 0.05) is 13.7 Å². The van der Waals surface area contributed by atoms with E-state index in [4.69, 9.17) is 9.15 Å². The average Bonchev–Trinajstić information content (AvgIpc) is 2.52. The van der Waals surface area contributed by atoms with E-state index >= 15 is 0 Å². The van der Waals surface area contributed by atoms with Gasteiger partial charge in [-0.1, -0.05) is 0 Å². The van der Waals surface area contributed by atoms with Crippen molar-refractivity contribution in [1.82, 2.24) is 5.32 Å². The fraction of sp³-hybridized carbons (Fsp3) is 0.600. The van der Waals surface area contributed by atoms with Crippen LogP contribution in [0.5, 0.6) is 0 Å². The highest BCUT2D eigenvalue weighted by Gasteiger charge is 2.03. The Morgan fingerprint density at radius 1 is 1.57 bits per heavy atom. The smallest absolute Gasteiger partial charge is 0.117 e. The number of aryl methyl sites for hydroxylation is 1. The number of aliphatic hydroxyl groups is 1. The quantitative estimate of drug-likeness (QED) is 0.707. The highest BCUT2D eigenvalue weighted by Crippen LogP contribution is 2.05. The van der Waals surface area contributed by atoms with Crippen LogP contribution in [0.15, 0.2) is 16.5 Å². The number of nitrogens with one attached hydrogen (secondary N) is 1. The van der Waals surface area contributed by atoms with Gasteiger partial charge in [-0.3, -0.25) is 0 Å². The van der Waals surface area contributed by atoms with E-state index in [-0.39, 0.29) is 0 Å². The van der Waals surface area contributed by atoms with Crippen molar-refractivity contribution in [2.75, 3.05) is 20.3 Å². The molecule has 0 saturated heterocycles. The molecule has 80 valence electrons. The molecule has 0 saturated carbocycles. The first-order valence-electron chi connectivity index (χ1n) is 4.65. The molecule has 1 unspecified atom stereocenters. The van der Waals surface area contributed by atoms with Crippen molar-refractivity contribution in [3.8, 4) is 0 Å². The van der Waals surface area contributed by atoms with Crippen LogP contribution in [-0.2, 0) is 11.3 Å². The number of aliphatic hydroxyl groups excluding tert-OH is 1. The molecular weight excluding hydrogens is 182 g/mol. The second-order valence-corrected chi connectivity index (χ2v) is 3.25. The maximum Gasteiger partial charge on any atom is 0.117 e. The average molecular weight is 199 g/mol. The molecular formula is C10H17NO3. The molecule has 1 aromatic rings. The first kappa shape index (κ1) is 11.2. The summed E-state index contributed by atoms with van der Waals surface area (Å²) in [5.41, 5.74) is 0. The maximum absolute atomic E-state index is 9.31. The minimum atomic E-state index is -0.462. The van der Waals surface area contributed by atoms with E-state index in [2.05, 4.69) is 5.32 Å². The molecule has 0 spiro atoms. The third-order valence-corrected chi connectivity index (χ3v) is 1.83. The van der Waals surface area contributed by atoms with E-state index in [0.29, 0.717) is 19.7 Å². The fourth-order valence-electron chi connectivity index (χ4n) is 1.19. The van der Waals surface area contributed by atoms with Gasteiger partial charge in [0.15, 0.2) is 0 Å². The van der Waals surface area contributed by atoms with E-state index in [1.54, 1.807) is 7.11 Å². The molecule has 0 amide bonds. The largest absolute Gasteiger partial charge is 0.465 e. The van der Waals surface area contributed by atoms with Crippen LogP contribution in [0.3, 0.4) is 0 Å². The van der Waals surface area contributed by atoms with Gasteiger partial charge in [-0.2, -0.15) is 0 Å². The molecule has 0 aliphatic carbocycles. The summed E-state index contributed by atoms with van der Waals surface area (Å²) in [6, 6.07) is 3.84. The zero-order valence-corrected chi connectivity index (χ0v) is 8.62. The topological polar surface area (TPSA) is 54.6 Å². The summed E-state index contributed by atoms with van der Waals surface area (Å²) < 4.78 is 10.1. The predicted octanol–water partition coefficient (Wildman–Crippen LogP) is 0.685. The van der Waals surface area contributed by atoms with Gasteiger partial charge in [0.05, 0.1) is 19.3 Å². The summed E-state index contributed by atoms with van der Waals surface area (Å²) in [5, 5.41) is 12.4. The Bertz CT molecular complexity index is 260. The van der Waals surface area contributed by atoms with Crippen LogP contribution in [0.4, 0.5) is 0 Å². The Hall–Kier alpha value is -0.840. The van der Waals surface area contributed by atoms with E-state index in [9.17, 15) is 5.11 Å². The Balaban J connectivity index is 2.15. The second-order valence-electron chi connectivity index (χ2n) is 3.25. The molecule has 1 atom stereocenters. The van der Waals surface area contributed by atoms with Crippen molar-refractivity contribution in [3.63, 3.8) is 0 Å². The summed E-state index contributed by atoms with van der Waals surface area (Å²) in [4.78, 5) is 0. The summed E-state index contributed by atoms with van der Waals surface area (Å²) in [7, 11) is 1.57. The molecule has 2 N–H and O–H groups in total. The lowest BCUT2D eigenvalue weighted by Gasteiger charge is -2.09. The first-order chi connectivity index (χ1) is 6.72. The molecule has 1 aromatic heterocycles. The number of hydrogen-bond donors (Lipinski definition) is 2. The highest BCUT2D eigenvalue weighted by atomic mass is 16.5. The maximum atomic E-state index is 9.31. The van der Waals surface area contributed by atoms with Crippen LogP contribution in [0, 0.1) is 6.92 Å². The lowest BCUT2D eigenvalue weighted by atomic mass is 10.3. The van der Waals surface area contributed by atoms with Crippen molar-refractivity contribution < 1.29 is 14.3 Å². The van der Waals surface area contributed by atoms with Crippen LogP contribution in [0.1, 0.15) is 11.5 Å². The van der Waals surface area contributed by atoms with Crippen LogP contribution >= 0.6 is 0 Å². The van der Waals surface area contributed by atoms with Crippen LogP contribution < -0.4 is 5.32 Å². The standard InChI is InChI=1S/C10H17NO3/c1-8-3-4-10(14-8)6-11-5-9(12)7-13-2/h3-4,9,11-12H,5-7H2,1-2H3. The Morgan fingerprint density at radius 2 is 2.36 bits per heavy atom. The predicted molar refractivity (Wildman–Crippen MR) is 53.0 cm³/mol. The lowest BCUT2D eigenvalue weighted by molar-refractivity contribution is 0.0641. The van der Waals surface area contributed by atoms with Crippen molar-refractivity contribution in [3.05, 3.63) is 23.7 Å². The van der Waals surface area contributed by atoms with Crippen molar-refractivity contribution in [1.29, 1.82) is 0 Å². The van der Waals surface area contributed by atoms with E-state index in [1.165, 1.54) is 0 Å². The minimum Gasteiger partial charge on any atom is -0.465 e. The zero-order chi connectivity index (χ0) is 10.4. The van der Waals surface area contributed by atoms with E-state index in [1.807, 2.05) is 19.1 Å². The van der Waals surface area contributed by atoms with E-state index < -0.39 is 6.10 Å². The Morgan fingerprint density at radius 3 is 2.93 bits per heavy atom. The van der Waals surface area contributed by atoms with Crippen molar-refractivity contribution in [2.45, 2.75) is 19.6 Å². The van der Waals surface area contributed by atoms with Gasteiger partial charge in [0.1, 0.15) is 11.5 Å². The molecule has 14 heavy (non-hydrogen) atoms. The summed E-state index contributed by atoms with van der Waals surface area (Å²) in [6.07, 6.45) is -0.462. The molecule has 0 bridgehead atoms. The van der Waals surface area contributed by atoms with Gasteiger partial charge >= 0.3 is 0 Å². The SMILES string of the molecule is COCC(O)CNCc1ccc(C)o1. The lowest BCUT2D eigenvalue weighted by Crippen LogP contribution is -2.29. The van der Waals surface area contributed by atoms with Crippen LogP contribution in [0.25, 0.3) is 0 Å². The molecule has 1 rings (SSSR count). The number of furan rings is 1. The number of ether oxygens (including phenoxy) is 1. The van der Waals surface area contributed by atoms with Crippen molar-refractivity contribution >= 4 is 0 Å². The molecule has 0 radical (unpaired) electrons. The first-order valence-corrected chi connectivity index (χ1v) is 4.65. The molecule has 0 aliphatic rings. The second kappa shape index (κ2) is 5.80. The van der Waals surface area contributed by atoms with Gasteiger partial charge in [-0.25, -0.2) is 0 Å². The normalized spacial score (nSPS) is 13.1. The molecule has 4 nitrogen and oxygen atoms in total. The monoisotopic (exact) mass is 199 g/mol. The molecule has 1 heterocycles. The molecule has 0 aliphatic heterocycles. The fourth-order valence-corrected chi connectivity index (χ4v) is 1.19. The van der Waals surface area contributed by atoms with Gasteiger partial charge in [0.2, 0.25) is 0 Å². The summed E-state index contributed by atoms with van der Waals surface area (Å²) in [6.45, 7) is 3.40. The summed E-state index contributed by atoms with van der Waals surface area (Å²) >= 11 is 0. The number of methoxy groups -OCH3 is 1. The third-order valence-electron chi connectivity index (χ3n) is 1.83. The highest BCUT2D eigenvalue weighted by molar-refractivity contribution is 5.05. The zero-order valence-electron chi connectivity index (χ0n) is 8.62. The molecule has 0 fully saturated rings. The number of hydrogen-bond acceptors (Lipinski definition) is 4. The molecule has 0 aromatic carbocycles. The Labute approximate surface area is 83.9 Å². The Kier molecular flexibility index (Phi) is 4.65. The number of rotatable bonds is 6. The van der Waals surface area contributed by atoms with Crippen LogP contribution in [0.2, 0.25) is 0 Å². The van der Waals surface area contributed by atoms with E-state index in [0.717, 1.165) is 11.5 Å². The van der Waals surface area contributed by atoms with Gasteiger partial charge < -0.3 is 19.6 Å². The van der Waals surface area contributed by atoms with Crippen LogP contribution in [-0.4, -0.2) is 31.5 Å². The van der Waals surface area contributed by atoms with Gasteiger partial charge in [-0.15, -0.1) is 0 Å². The van der Waals surface area contributed by atoms with Crippen molar-refractivity contribution in [2.24, 2.45) is 0 Å².